The Balaban J connectivity index is 2.71. The van der Waals surface area contributed by atoms with Gasteiger partial charge in [0.1, 0.15) is 0 Å². The van der Waals surface area contributed by atoms with Gasteiger partial charge >= 0.3 is 0 Å². The van der Waals surface area contributed by atoms with E-state index in [-0.39, 0.29) is 11.7 Å². The maximum absolute atomic E-state index is 10.7. The Bertz CT molecular complexity index is 280. The molecule has 0 amide bonds. The zero-order chi connectivity index (χ0) is 9.14. The van der Waals surface area contributed by atoms with Crippen LogP contribution < -0.4 is 0 Å². The number of Topliss-reactive ketones (excluding diaryl/α,β-unsaturated/α-hetero) is 1. The summed E-state index contributed by atoms with van der Waals surface area (Å²) < 4.78 is 4.69. The van der Waals surface area contributed by atoms with Gasteiger partial charge in [-0.1, -0.05) is 5.16 Å². The minimum atomic E-state index is -0.201. The largest absolute Gasteiger partial charge is 0.331 e. The van der Waals surface area contributed by atoms with E-state index in [4.69, 9.17) is 0 Å². The number of carbonyl (C=O) groups is 1. The fraction of sp³-hybridized carbons (Fsp3) is 0.571. The summed E-state index contributed by atoms with van der Waals surface area (Å²) in [6, 6.07) is 0. The first-order valence-corrected chi connectivity index (χ1v) is 3.58. The van der Waals surface area contributed by atoms with Crippen LogP contribution in [-0.2, 0) is 6.54 Å². The quantitative estimate of drug-likeness (QED) is 0.610. The first kappa shape index (κ1) is 8.86. The number of rotatable bonds is 3. The van der Waals surface area contributed by atoms with Gasteiger partial charge in [0.15, 0.2) is 5.82 Å². The van der Waals surface area contributed by atoms with Gasteiger partial charge in [-0.15, -0.1) is 0 Å². The summed E-state index contributed by atoms with van der Waals surface area (Å²) in [5.74, 6) is 0.407. The fourth-order valence-electron chi connectivity index (χ4n) is 0.744. The highest BCUT2D eigenvalue weighted by Crippen LogP contribution is 1.99. The standard InChI is InChI=1S/C7H11N3O2/c1-5(11)7-8-6(9-12-7)4-10(2)3/h4H2,1-3H3. The molecule has 0 unspecified atom stereocenters. The van der Waals surface area contributed by atoms with Crippen LogP contribution in [0.3, 0.4) is 0 Å². The zero-order valence-corrected chi connectivity index (χ0v) is 7.37. The Hall–Kier alpha value is -1.23. The molecule has 0 aliphatic carbocycles. The van der Waals surface area contributed by atoms with E-state index in [1.54, 1.807) is 0 Å². The van der Waals surface area contributed by atoms with E-state index < -0.39 is 0 Å². The first-order chi connectivity index (χ1) is 5.59. The summed E-state index contributed by atoms with van der Waals surface area (Å²) in [6.45, 7) is 1.98. The lowest BCUT2D eigenvalue weighted by atomic mass is 10.4. The molecule has 0 spiro atoms. The summed E-state index contributed by atoms with van der Waals surface area (Å²) in [5.41, 5.74) is 0. The van der Waals surface area contributed by atoms with Gasteiger partial charge in [-0.3, -0.25) is 4.79 Å². The van der Waals surface area contributed by atoms with Gasteiger partial charge in [-0.2, -0.15) is 4.98 Å². The number of hydrogen-bond acceptors (Lipinski definition) is 5. The van der Waals surface area contributed by atoms with Crippen molar-refractivity contribution in [1.82, 2.24) is 15.0 Å². The van der Waals surface area contributed by atoms with Crippen molar-refractivity contribution < 1.29 is 9.32 Å². The minimum Gasteiger partial charge on any atom is -0.331 e. The first-order valence-electron chi connectivity index (χ1n) is 3.58. The highest BCUT2D eigenvalue weighted by atomic mass is 16.5. The molecule has 1 aromatic rings. The van der Waals surface area contributed by atoms with Crippen molar-refractivity contribution in [3.05, 3.63) is 11.7 Å². The normalized spacial score (nSPS) is 10.7. The predicted molar refractivity (Wildman–Crippen MR) is 41.7 cm³/mol. The van der Waals surface area contributed by atoms with E-state index >= 15 is 0 Å². The maximum Gasteiger partial charge on any atom is 0.293 e. The third kappa shape index (κ3) is 2.13. The van der Waals surface area contributed by atoms with Crippen molar-refractivity contribution in [2.75, 3.05) is 14.1 Å². The summed E-state index contributed by atoms with van der Waals surface area (Å²) in [6.07, 6.45) is 0. The Morgan fingerprint density at radius 2 is 2.25 bits per heavy atom. The van der Waals surface area contributed by atoms with E-state index in [1.807, 2.05) is 19.0 Å². The summed E-state index contributed by atoms with van der Waals surface area (Å²) in [4.78, 5) is 16.5. The van der Waals surface area contributed by atoms with E-state index in [0.717, 1.165) is 0 Å². The summed E-state index contributed by atoms with van der Waals surface area (Å²) >= 11 is 0. The van der Waals surface area contributed by atoms with Crippen LogP contribution in [0, 0.1) is 0 Å². The monoisotopic (exact) mass is 169 g/mol. The Kier molecular flexibility index (Phi) is 2.54. The summed E-state index contributed by atoms with van der Waals surface area (Å²) in [7, 11) is 3.79. The SMILES string of the molecule is CC(=O)c1nc(CN(C)C)no1. The smallest absolute Gasteiger partial charge is 0.293 e. The molecule has 5 heteroatoms. The molecule has 0 saturated carbocycles. The average Bonchev–Trinajstić information content (AvgIpc) is 2.34. The van der Waals surface area contributed by atoms with Crippen molar-refractivity contribution in [3.8, 4) is 0 Å². The van der Waals surface area contributed by atoms with E-state index in [9.17, 15) is 4.79 Å². The zero-order valence-electron chi connectivity index (χ0n) is 7.37. The van der Waals surface area contributed by atoms with Gasteiger partial charge in [0.2, 0.25) is 5.78 Å². The third-order valence-electron chi connectivity index (χ3n) is 1.23. The van der Waals surface area contributed by atoms with Crippen LogP contribution in [-0.4, -0.2) is 34.9 Å². The molecule has 0 saturated heterocycles. The Morgan fingerprint density at radius 1 is 1.58 bits per heavy atom. The fourth-order valence-corrected chi connectivity index (χ4v) is 0.744. The van der Waals surface area contributed by atoms with Gasteiger partial charge in [0, 0.05) is 6.92 Å². The number of carbonyl (C=O) groups excluding carboxylic acids is 1. The molecular formula is C7H11N3O2. The van der Waals surface area contributed by atoms with Crippen LogP contribution >= 0.6 is 0 Å². The van der Waals surface area contributed by atoms with Gasteiger partial charge in [-0.05, 0) is 14.1 Å². The molecule has 1 heterocycles. The Morgan fingerprint density at radius 3 is 2.67 bits per heavy atom. The molecule has 0 bridgehead atoms. The molecule has 12 heavy (non-hydrogen) atoms. The lowest BCUT2D eigenvalue weighted by molar-refractivity contribution is 0.0972. The topological polar surface area (TPSA) is 59.2 Å². The highest BCUT2D eigenvalue weighted by molar-refractivity contribution is 5.89. The second kappa shape index (κ2) is 3.44. The maximum atomic E-state index is 10.7. The number of nitrogens with zero attached hydrogens (tertiary/aromatic N) is 3. The van der Waals surface area contributed by atoms with Crippen LogP contribution in [0.15, 0.2) is 4.52 Å². The lowest BCUT2D eigenvalue weighted by Crippen LogP contribution is -2.11. The molecule has 1 aromatic heterocycles. The van der Waals surface area contributed by atoms with Crippen LogP contribution in [0.5, 0.6) is 0 Å². The van der Waals surface area contributed by atoms with Crippen LogP contribution in [0.2, 0.25) is 0 Å². The van der Waals surface area contributed by atoms with Crippen molar-refractivity contribution in [2.24, 2.45) is 0 Å². The second-order valence-electron chi connectivity index (χ2n) is 2.81. The number of aromatic nitrogens is 2. The van der Waals surface area contributed by atoms with Crippen LogP contribution in [0.4, 0.5) is 0 Å². The second-order valence-corrected chi connectivity index (χ2v) is 2.81. The predicted octanol–water partition coefficient (Wildman–Crippen LogP) is 0.334. The number of ketones is 1. The van der Waals surface area contributed by atoms with Crippen molar-refractivity contribution in [2.45, 2.75) is 13.5 Å². The molecule has 0 N–H and O–H groups in total. The van der Waals surface area contributed by atoms with Crippen LogP contribution in [0.25, 0.3) is 0 Å². The van der Waals surface area contributed by atoms with Crippen molar-refractivity contribution in [3.63, 3.8) is 0 Å². The van der Waals surface area contributed by atoms with E-state index in [0.29, 0.717) is 12.4 Å². The van der Waals surface area contributed by atoms with Gasteiger partial charge < -0.3 is 9.42 Å². The number of hydrogen-bond donors (Lipinski definition) is 0. The molecule has 0 aliphatic heterocycles. The molecule has 0 aliphatic rings. The van der Waals surface area contributed by atoms with Crippen molar-refractivity contribution >= 4 is 5.78 Å². The van der Waals surface area contributed by atoms with Crippen LogP contribution in [0.1, 0.15) is 23.4 Å². The molecule has 0 radical (unpaired) electrons. The van der Waals surface area contributed by atoms with E-state index in [2.05, 4.69) is 14.7 Å². The molecule has 0 aromatic carbocycles. The molecule has 66 valence electrons. The Labute approximate surface area is 70.4 Å². The molecule has 0 fully saturated rings. The molecule has 5 nitrogen and oxygen atoms in total. The van der Waals surface area contributed by atoms with Gasteiger partial charge in [-0.25, -0.2) is 0 Å². The van der Waals surface area contributed by atoms with Gasteiger partial charge in [0.05, 0.1) is 6.54 Å². The summed E-state index contributed by atoms with van der Waals surface area (Å²) in [5, 5.41) is 3.63. The molecular weight excluding hydrogens is 158 g/mol. The molecule has 1 rings (SSSR count). The molecule has 0 atom stereocenters. The van der Waals surface area contributed by atoms with Gasteiger partial charge in [0.25, 0.3) is 5.89 Å². The third-order valence-corrected chi connectivity index (χ3v) is 1.23. The minimum absolute atomic E-state index is 0.0758. The highest BCUT2D eigenvalue weighted by Gasteiger charge is 2.09. The van der Waals surface area contributed by atoms with Crippen molar-refractivity contribution in [1.29, 1.82) is 0 Å². The average molecular weight is 169 g/mol. The lowest BCUT2D eigenvalue weighted by Gasteiger charge is -2.02. The van der Waals surface area contributed by atoms with E-state index in [1.165, 1.54) is 6.92 Å².